The molecule has 118 valence electrons. The number of likely N-dealkylation sites (N-methyl/N-ethyl adjacent to an activating group) is 1. The van der Waals surface area contributed by atoms with Crippen molar-refractivity contribution in [2.45, 2.75) is 13.3 Å². The van der Waals surface area contributed by atoms with Gasteiger partial charge in [0.25, 0.3) is 0 Å². The molecule has 1 amide bonds. The third-order valence-corrected chi connectivity index (χ3v) is 2.93. The van der Waals surface area contributed by atoms with Crippen LogP contribution in [0.3, 0.4) is 0 Å². The van der Waals surface area contributed by atoms with E-state index in [2.05, 4.69) is 5.32 Å². The molecule has 0 aliphatic heterocycles. The molecule has 0 fully saturated rings. The summed E-state index contributed by atoms with van der Waals surface area (Å²) in [5.74, 6) is 0.579. The highest BCUT2D eigenvalue weighted by Crippen LogP contribution is 2.31. The number of carbonyl (C=O) groups excluding carboxylic acids is 1. The molecule has 0 saturated carbocycles. The van der Waals surface area contributed by atoms with Gasteiger partial charge in [0, 0.05) is 20.7 Å². The van der Waals surface area contributed by atoms with E-state index in [9.17, 15) is 4.79 Å². The first-order valence-corrected chi connectivity index (χ1v) is 7.08. The van der Waals surface area contributed by atoms with Crippen molar-refractivity contribution < 1.29 is 14.3 Å². The van der Waals surface area contributed by atoms with Crippen LogP contribution in [0.1, 0.15) is 13.3 Å². The van der Waals surface area contributed by atoms with Gasteiger partial charge in [0.2, 0.25) is 5.91 Å². The maximum atomic E-state index is 11.8. The minimum absolute atomic E-state index is 0.0752. The van der Waals surface area contributed by atoms with Gasteiger partial charge in [0.1, 0.15) is 5.75 Å². The van der Waals surface area contributed by atoms with E-state index >= 15 is 0 Å². The zero-order valence-electron chi connectivity index (χ0n) is 13.0. The van der Waals surface area contributed by atoms with Gasteiger partial charge in [-0.15, -0.1) is 0 Å². The van der Waals surface area contributed by atoms with E-state index in [-0.39, 0.29) is 12.5 Å². The number of nitrogen functional groups attached to an aromatic ring is 1. The number of benzene rings is 1. The molecule has 0 aliphatic rings. The van der Waals surface area contributed by atoms with Crippen molar-refractivity contribution >= 4 is 17.3 Å². The maximum Gasteiger partial charge on any atom is 0.239 e. The van der Waals surface area contributed by atoms with Crippen LogP contribution in [0, 0.1) is 0 Å². The Kier molecular flexibility index (Phi) is 7.39. The molecule has 0 aliphatic carbocycles. The standard InChI is InChI=1S/C15H25N3O3/c1-4-9-21-13-7-5-6-12(15(13)16)18(2)11-14(19)17-8-10-20-3/h5-7H,4,8-11,16H2,1-3H3,(H,17,19). The summed E-state index contributed by atoms with van der Waals surface area (Å²) in [5, 5.41) is 2.77. The number of anilines is 2. The number of nitrogens with one attached hydrogen (secondary N) is 1. The molecule has 6 heteroatoms. The molecule has 1 aromatic carbocycles. The van der Waals surface area contributed by atoms with Crippen LogP contribution >= 0.6 is 0 Å². The average Bonchev–Trinajstić information content (AvgIpc) is 2.46. The number of ether oxygens (including phenoxy) is 2. The lowest BCUT2D eigenvalue weighted by atomic mass is 10.2. The van der Waals surface area contributed by atoms with E-state index in [1.54, 1.807) is 12.0 Å². The van der Waals surface area contributed by atoms with E-state index < -0.39 is 0 Å². The molecule has 0 aromatic heterocycles. The molecular formula is C15H25N3O3. The Morgan fingerprint density at radius 2 is 2.14 bits per heavy atom. The van der Waals surface area contributed by atoms with Crippen molar-refractivity contribution in [3.05, 3.63) is 18.2 Å². The third-order valence-electron chi connectivity index (χ3n) is 2.93. The Morgan fingerprint density at radius 3 is 2.81 bits per heavy atom. The summed E-state index contributed by atoms with van der Waals surface area (Å²) in [6.45, 7) is 3.88. The normalized spacial score (nSPS) is 10.2. The van der Waals surface area contributed by atoms with Crippen molar-refractivity contribution in [1.82, 2.24) is 5.32 Å². The second kappa shape index (κ2) is 9.07. The van der Waals surface area contributed by atoms with Gasteiger partial charge in [-0.2, -0.15) is 0 Å². The number of rotatable bonds is 9. The van der Waals surface area contributed by atoms with Crippen molar-refractivity contribution in [2.75, 3.05) is 51.1 Å². The number of nitrogens with two attached hydrogens (primary N) is 1. The summed E-state index contributed by atoms with van der Waals surface area (Å²) < 4.78 is 10.5. The Morgan fingerprint density at radius 1 is 1.38 bits per heavy atom. The first kappa shape index (κ1) is 17.1. The van der Waals surface area contributed by atoms with Crippen LogP contribution < -0.4 is 20.7 Å². The van der Waals surface area contributed by atoms with Gasteiger partial charge in [-0.25, -0.2) is 0 Å². The molecule has 0 atom stereocenters. The van der Waals surface area contributed by atoms with Gasteiger partial charge in [-0.05, 0) is 18.6 Å². The van der Waals surface area contributed by atoms with E-state index in [1.165, 1.54) is 0 Å². The molecule has 0 spiro atoms. The fraction of sp³-hybridized carbons (Fsp3) is 0.533. The van der Waals surface area contributed by atoms with Crippen molar-refractivity contribution in [3.8, 4) is 5.75 Å². The molecule has 21 heavy (non-hydrogen) atoms. The van der Waals surface area contributed by atoms with Gasteiger partial charge in [-0.1, -0.05) is 13.0 Å². The fourth-order valence-electron chi connectivity index (χ4n) is 1.85. The maximum absolute atomic E-state index is 11.8. The SMILES string of the molecule is CCCOc1cccc(N(C)CC(=O)NCCOC)c1N. The summed E-state index contributed by atoms with van der Waals surface area (Å²) in [7, 11) is 3.42. The Labute approximate surface area is 126 Å². The molecule has 6 nitrogen and oxygen atoms in total. The summed E-state index contributed by atoms with van der Waals surface area (Å²) in [5.41, 5.74) is 7.44. The van der Waals surface area contributed by atoms with Gasteiger partial charge in [0.15, 0.2) is 0 Å². The summed E-state index contributed by atoms with van der Waals surface area (Å²) in [6.07, 6.45) is 0.918. The molecule has 1 aromatic rings. The molecule has 0 unspecified atom stereocenters. The van der Waals surface area contributed by atoms with Crippen molar-refractivity contribution in [1.29, 1.82) is 0 Å². The minimum Gasteiger partial charge on any atom is -0.491 e. The number of hydrogen-bond donors (Lipinski definition) is 2. The summed E-state index contributed by atoms with van der Waals surface area (Å²) >= 11 is 0. The van der Waals surface area contributed by atoms with E-state index in [0.717, 1.165) is 12.1 Å². The first-order chi connectivity index (χ1) is 10.1. The predicted molar refractivity (Wildman–Crippen MR) is 84.8 cm³/mol. The Hall–Kier alpha value is -1.95. The lowest BCUT2D eigenvalue weighted by molar-refractivity contribution is -0.119. The number of nitrogens with zero attached hydrogens (tertiary/aromatic N) is 1. The minimum atomic E-state index is -0.0752. The van der Waals surface area contributed by atoms with Gasteiger partial charge < -0.3 is 25.4 Å². The molecule has 0 bridgehead atoms. The van der Waals surface area contributed by atoms with Crippen LogP contribution in [-0.4, -0.2) is 46.4 Å². The number of methoxy groups -OCH3 is 1. The second-order valence-corrected chi connectivity index (χ2v) is 4.74. The number of carbonyl (C=O) groups is 1. The van der Waals surface area contributed by atoms with Gasteiger partial charge in [-0.3, -0.25) is 4.79 Å². The molecule has 0 saturated heterocycles. The van der Waals surface area contributed by atoms with E-state index in [4.69, 9.17) is 15.2 Å². The molecular weight excluding hydrogens is 270 g/mol. The molecule has 0 radical (unpaired) electrons. The van der Waals surface area contributed by atoms with Crippen LogP contribution in [0.25, 0.3) is 0 Å². The zero-order valence-corrected chi connectivity index (χ0v) is 13.0. The van der Waals surface area contributed by atoms with Gasteiger partial charge in [0.05, 0.1) is 31.1 Å². The molecule has 0 heterocycles. The average molecular weight is 295 g/mol. The Balaban J connectivity index is 2.64. The fourth-order valence-corrected chi connectivity index (χ4v) is 1.85. The first-order valence-electron chi connectivity index (χ1n) is 7.08. The quantitative estimate of drug-likeness (QED) is 0.530. The van der Waals surface area contributed by atoms with E-state index in [0.29, 0.717) is 31.2 Å². The van der Waals surface area contributed by atoms with Crippen molar-refractivity contribution in [3.63, 3.8) is 0 Å². The van der Waals surface area contributed by atoms with Crippen molar-refractivity contribution in [2.24, 2.45) is 0 Å². The van der Waals surface area contributed by atoms with Crippen LogP contribution in [-0.2, 0) is 9.53 Å². The second-order valence-electron chi connectivity index (χ2n) is 4.74. The lowest BCUT2D eigenvalue weighted by Crippen LogP contribution is -2.36. The summed E-state index contributed by atoms with van der Waals surface area (Å²) in [4.78, 5) is 13.6. The smallest absolute Gasteiger partial charge is 0.239 e. The van der Waals surface area contributed by atoms with Crippen LogP contribution in [0.15, 0.2) is 18.2 Å². The summed E-state index contributed by atoms with van der Waals surface area (Å²) in [6, 6.07) is 5.58. The Bertz CT molecular complexity index is 452. The van der Waals surface area contributed by atoms with Crippen LogP contribution in [0.2, 0.25) is 0 Å². The number of amides is 1. The third kappa shape index (κ3) is 5.51. The highest BCUT2D eigenvalue weighted by molar-refractivity contribution is 5.84. The monoisotopic (exact) mass is 295 g/mol. The topological polar surface area (TPSA) is 76.8 Å². The lowest BCUT2D eigenvalue weighted by Gasteiger charge is -2.22. The van der Waals surface area contributed by atoms with Gasteiger partial charge >= 0.3 is 0 Å². The molecule has 1 rings (SSSR count). The number of para-hydroxylation sites is 1. The predicted octanol–water partition coefficient (Wildman–Crippen LogP) is 1.26. The highest BCUT2D eigenvalue weighted by Gasteiger charge is 2.12. The largest absolute Gasteiger partial charge is 0.491 e. The van der Waals surface area contributed by atoms with Crippen LogP contribution in [0.5, 0.6) is 5.75 Å². The highest BCUT2D eigenvalue weighted by atomic mass is 16.5. The zero-order chi connectivity index (χ0) is 15.7. The van der Waals surface area contributed by atoms with Crippen LogP contribution in [0.4, 0.5) is 11.4 Å². The number of hydrogen-bond acceptors (Lipinski definition) is 5. The van der Waals surface area contributed by atoms with E-state index in [1.807, 2.05) is 32.2 Å². The molecule has 3 N–H and O–H groups in total.